The van der Waals surface area contributed by atoms with Gasteiger partial charge in [0.1, 0.15) is 0 Å². The van der Waals surface area contributed by atoms with Gasteiger partial charge in [-0.2, -0.15) is 0 Å². The van der Waals surface area contributed by atoms with Crippen molar-refractivity contribution in [2.75, 3.05) is 0 Å². The van der Waals surface area contributed by atoms with Crippen LogP contribution >= 0.6 is 0 Å². The molecule has 284 valence electrons. The van der Waals surface area contributed by atoms with E-state index >= 15 is 9.59 Å². The van der Waals surface area contributed by atoms with Crippen LogP contribution in [0.3, 0.4) is 0 Å². The van der Waals surface area contributed by atoms with Crippen LogP contribution in [-0.4, -0.2) is 20.0 Å². The van der Waals surface area contributed by atoms with Crippen LogP contribution in [0.2, 0.25) is 13.1 Å². The third-order valence-electron chi connectivity index (χ3n) is 12.3. The summed E-state index contributed by atoms with van der Waals surface area (Å²) in [5, 5.41) is 2.40. The van der Waals surface area contributed by atoms with E-state index in [2.05, 4.69) is 37.4 Å². The van der Waals surface area contributed by atoms with Crippen LogP contribution in [0.5, 0.6) is 0 Å². The van der Waals surface area contributed by atoms with Crippen molar-refractivity contribution in [1.82, 2.24) is 0 Å². The van der Waals surface area contributed by atoms with Gasteiger partial charge in [0, 0.05) is 0 Å². The molecule has 0 aromatic heterocycles. The molecule has 2 aliphatic carbocycles. The molecule has 0 radical (unpaired) electrons. The average Bonchev–Trinajstić information content (AvgIpc) is 4.00. The van der Waals surface area contributed by atoms with Crippen molar-refractivity contribution in [2.45, 2.75) is 36.8 Å². The van der Waals surface area contributed by atoms with E-state index in [4.69, 9.17) is 6.64 Å². The van der Waals surface area contributed by atoms with E-state index in [-0.39, 0.29) is 0 Å². The molecular formula is C52H44O4SiTi. The molecule has 58 heavy (non-hydrogen) atoms. The fourth-order valence-corrected chi connectivity index (χ4v) is 22.3. The fourth-order valence-electron chi connectivity index (χ4n) is 9.65. The second kappa shape index (κ2) is 15.2. The van der Waals surface area contributed by atoms with Crippen molar-refractivity contribution >= 4 is 20.0 Å². The molecule has 3 aliphatic rings. The SMILES string of the molecule is C[Si]1(C)C2=[C](CC=C2)[Ti]([O]C(=O)C(c2ccccc2)(c2ccccc2)c2ccccc2)([O]C(=O)C(c2ccccc2)(c2ccccc2)c2ccccc2)[C]2=C1C=CC2. The van der Waals surface area contributed by atoms with Gasteiger partial charge >= 0.3 is 348 Å². The van der Waals surface area contributed by atoms with Crippen molar-refractivity contribution in [2.24, 2.45) is 0 Å². The standard InChI is InChI=1S/2C20H16O2.C12H14Si.Ti/c2*21-19(22)20(16-10-4-1-5-11-16,17-12-6-2-7-13-17)18-14-8-3-9-15-18;1-13(2,11-7-3-4-8-11)12-9-5-6-10-12;/h2*1-15H,(H,21,22);3,5,7,9H,4,6H2,1-2H3;/q;;;+2/p-2. The summed E-state index contributed by atoms with van der Waals surface area (Å²) >= 11 is -5.03. The molecule has 1 heterocycles. The summed E-state index contributed by atoms with van der Waals surface area (Å²) in [6.45, 7) is 4.73. The Hall–Kier alpha value is -5.85. The van der Waals surface area contributed by atoms with Gasteiger partial charge in [0.2, 0.25) is 0 Å². The molecule has 9 rings (SSSR count). The molecule has 0 bridgehead atoms. The Labute approximate surface area is 346 Å². The van der Waals surface area contributed by atoms with Gasteiger partial charge in [-0.25, -0.2) is 0 Å². The van der Waals surface area contributed by atoms with Crippen molar-refractivity contribution < 1.29 is 33.6 Å². The van der Waals surface area contributed by atoms with E-state index in [1.807, 2.05) is 182 Å². The number of benzene rings is 6. The first-order valence-corrected chi connectivity index (χ1v) is 25.8. The van der Waals surface area contributed by atoms with Crippen molar-refractivity contribution in [3.05, 3.63) is 258 Å². The molecule has 0 unspecified atom stereocenters. The van der Waals surface area contributed by atoms with Crippen molar-refractivity contribution in [3.8, 4) is 0 Å². The minimum absolute atomic E-state index is 0.451. The van der Waals surface area contributed by atoms with Crippen LogP contribution in [0.25, 0.3) is 0 Å². The first-order chi connectivity index (χ1) is 28.3. The van der Waals surface area contributed by atoms with Crippen LogP contribution in [0.1, 0.15) is 46.2 Å². The molecule has 0 amide bonds. The minimum atomic E-state index is -5.03. The molecule has 0 atom stereocenters. The van der Waals surface area contributed by atoms with Crippen molar-refractivity contribution in [3.63, 3.8) is 0 Å². The topological polar surface area (TPSA) is 52.6 Å². The van der Waals surface area contributed by atoms with Gasteiger partial charge in [-0.05, 0) is 0 Å². The van der Waals surface area contributed by atoms with E-state index in [0.29, 0.717) is 12.8 Å². The Morgan fingerprint density at radius 3 is 0.914 bits per heavy atom. The number of rotatable bonds is 10. The van der Waals surface area contributed by atoms with E-state index in [0.717, 1.165) is 41.1 Å². The molecular weight excluding hydrogens is 765 g/mol. The number of hydrogen-bond donors (Lipinski definition) is 0. The molecule has 0 saturated heterocycles. The monoisotopic (exact) mass is 808 g/mol. The Morgan fingerprint density at radius 1 is 0.431 bits per heavy atom. The zero-order chi connectivity index (χ0) is 39.8. The Bertz CT molecular complexity index is 2220. The van der Waals surface area contributed by atoms with Gasteiger partial charge in [-0.1, -0.05) is 0 Å². The molecule has 0 fully saturated rings. The molecule has 0 saturated carbocycles. The first kappa shape index (κ1) is 37.7. The summed E-state index contributed by atoms with van der Waals surface area (Å²) in [7, 11) is -2.27. The normalized spacial score (nSPS) is 16.4. The summed E-state index contributed by atoms with van der Waals surface area (Å²) in [5.74, 6) is -0.903. The second-order valence-corrected chi connectivity index (χ2v) is 24.5. The van der Waals surface area contributed by atoms with E-state index in [1.165, 1.54) is 10.4 Å². The predicted molar refractivity (Wildman–Crippen MR) is 230 cm³/mol. The van der Waals surface area contributed by atoms with E-state index < -0.39 is 48.2 Å². The van der Waals surface area contributed by atoms with Gasteiger partial charge in [0.25, 0.3) is 0 Å². The molecule has 6 heteroatoms. The van der Waals surface area contributed by atoms with Gasteiger partial charge in [-0.3, -0.25) is 0 Å². The third-order valence-corrected chi connectivity index (χ3v) is 22.2. The summed E-state index contributed by atoms with van der Waals surface area (Å²) in [4.78, 5) is 32.6. The molecule has 0 N–H and O–H groups in total. The maximum atomic E-state index is 16.3. The predicted octanol–water partition coefficient (Wildman–Crippen LogP) is 11.4. The zero-order valence-corrected chi connectivity index (χ0v) is 35.2. The number of allylic oxidation sites excluding steroid dienone is 8. The maximum absolute atomic E-state index is 16.3. The van der Waals surface area contributed by atoms with Gasteiger partial charge < -0.3 is 0 Å². The molecule has 0 spiro atoms. The summed E-state index contributed by atoms with van der Waals surface area (Å²) in [6.07, 6.45) is 9.91. The Kier molecular flexibility index (Phi) is 9.85. The van der Waals surface area contributed by atoms with Crippen LogP contribution in [0.4, 0.5) is 0 Å². The van der Waals surface area contributed by atoms with Crippen LogP contribution < -0.4 is 0 Å². The Morgan fingerprint density at radius 2 is 0.672 bits per heavy atom. The summed E-state index contributed by atoms with van der Waals surface area (Å²) in [5.41, 5.74) is 1.88. The van der Waals surface area contributed by atoms with Crippen LogP contribution in [0, 0.1) is 0 Å². The first-order valence-electron chi connectivity index (χ1n) is 20.0. The van der Waals surface area contributed by atoms with Crippen LogP contribution in [-0.2, 0) is 44.4 Å². The molecule has 1 aliphatic heterocycles. The quantitative estimate of drug-likeness (QED) is 0.102. The fraction of sp³-hybridized carbons (Fsp3) is 0.115. The Balaban J connectivity index is 1.32. The number of hydrogen-bond acceptors (Lipinski definition) is 4. The van der Waals surface area contributed by atoms with Gasteiger partial charge in [-0.15, -0.1) is 0 Å². The number of carbonyl (C=O) groups is 2. The molecule has 6 aromatic carbocycles. The molecule has 4 nitrogen and oxygen atoms in total. The average molecular weight is 809 g/mol. The third kappa shape index (κ3) is 5.83. The van der Waals surface area contributed by atoms with E-state index in [1.54, 1.807) is 0 Å². The summed E-state index contributed by atoms with van der Waals surface area (Å²) in [6, 6.07) is 59.3. The van der Waals surface area contributed by atoms with Crippen molar-refractivity contribution in [1.29, 1.82) is 0 Å². The molecule has 6 aromatic rings. The number of carbonyl (C=O) groups excluding carboxylic acids is 2. The summed E-state index contributed by atoms with van der Waals surface area (Å²) < 4.78 is 17.1. The second-order valence-electron chi connectivity index (χ2n) is 15.7. The van der Waals surface area contributed by atoms with Crippen LogP contribution in [0.15, 0.2) is 224 Å². The van der Waals surface area contributed by atoms with Gasteiger partial charge in [0.05, 0.1) is 0 Å². The zero-order valence-electron chi connectivity index (χ0n) is 32.7. The van der Waals surface area contributed by atoms with Gasteiger partial charge in [0.15, 0.2) is 0 Å². The van der Waals surface area contributed by atoms with E-state index in [9.17, 15) is 0 Å².